The Morgan fingerprint density at radius 2 is 1.31 bits per heavy atom. The molecule has 0 aromatic carbocycles. The first-order chi connectivity index (χ1) is 6.20. The fourth-order valence-corrected chi connectivity index (χ4v) is 0.705. The Bertz CT molecular complexity index is 154. The van der Waals surface area contributed by atoms with Gasteiger partial charge in [0.1, 0.15) is 0 Å². The highest BCUT2D eigenvalue weighted by Crippen LogP contribution is 1.89. The molecule has 13 heavy (non-hydrogen) atoms. The minimum absolute atomic E-state index is 0.0659. The molecule has 0 amide bonds. The van der Waals surface area contributed by atoms with Gasteiger partial charge in [0.2, 0.25) is 0 Å². The topological polar surface area (TPSA) is 52.6 Å². The number of carbonyl (C=O) groups is 2. The van der Waals surface area contributed by atoms with E-state index in [-0.39, 0.29) is 36.7 Å². The number of hydrogen-bond donors (Lipinski definition) is 2. The monoisotopic (exact) mass is 224 g/mol. The molecule has 0 saturated carbocycles. The van der Waals surface area contributed by atoms with Crippen LogP contribution < -0.4 is 0 Å². The van der Waals surface area contributed by atoms with Crippen LogP contribution in [0.25, 0.3) is 0 Å². The molecule has 76 valence electrons. The van der Waals surface area contributed by atoms with E-state index < -0.39 is 0 Å². The van der Waals surface area contributed by atoms with Crippen LogP contribution in [0, 0.1) is 0 Å². The van der Waals surface area contributed by atoms with E-state index in [1.807, 2.05) is 0 Å². The van der Waals surface area contributed by atoms with Gasteiger partial charge in [0, 0.05) is 6.42 Å². The quantitative estimate of drug-likeness (QED) is 0.388. The summed E-state index contributed by atoms with van der Waals surface area (Å²) in [5.41, 5.74) is 0. The Balaban J connectivity index is 3.17. The average Bonchev–Trinajstić information content (AvgIpc) is 2.16. The molecule has 0 atom stereocenters. The van der Waals surface area contributed by atoms with Crippen molar-refractivity contribution in [2.45, 2.75) is 6.42 Å². The van der Waals surface area contributed by atoms with Crippen molar-refractivity contribution in [3.8, 4) is 0 Å². The highest BCUT2D eigenvalue weighted by Gasteiger charge is 2.00. The lowest BCUT2D eigenvalue weighted by molar-refractivity contribution is -0.142. The van der Waals surface area contributed by atoms with Crippen LogP contribution in [0.2, 0.25) is 0 Å². The van der Waals surface area contributed by atoms with Gasteiger partial charge in [0.25, 0.3) is 0 Å². The van der Waals surface area contributed by atoms with Crippen LogP contribution in [0.3, 0.4) is 0 Å². The largest absolute Gasteiger partial charge is 0.465 e. The van der Waals surface area contributed by atoms with E-state index in [0.717, 1.165) is 0 Å². The predicted octanol–water partition coefficient (Wildman–Crippen LogP) is 0.323. The molecule has 0 aromatic rings. The molecule has 0 aliphatic carbocycles. The maximum atomic E-state index is 10.5. The summed E-state index contributed by atoms with van der Waals surface area (Å²) in [4.78, 5) is 21.1. The minimum Gasteiger partial charge on any atom is -0.465 e. The highest BCUT2D eigenvalue weighted by atomic mass is 32.1. The van der Waals surface area contributed by atoms with E-state index >= 15 is 0 Å². The van der Waals surface area contributed by atoms with Gasteiger partial charge in [-0.25, -0.2) is 0 Å². The van der Waals surface area contributed by atoms with Gasteiger partial charge < -0.3 is 9.47 Å². The first kappa shape index (κ1) is 12.6. The number of esters is 2. The smallest absolute Gasteiger partial charge is 0.315 e. The molecule has 0 rings (SSSR count). The fourth-order valence-electron chi connectivity index (χ4n) is 0.522. The Morgan fingerprint density at radius 1 is 0.923 bits per heavy atom. The molecule has 0 unspecified atom stereocenters. The average molecular weight is 224 g/mol. The Morgan fingerprint density at radius 3 is 1.62 bits per heavy atom. The van der Waals surface area contributed by atoms with Crippen LogP contribution in [-0.2, 0) is 19.1 Å². The molecular weight excluding hydrogens is 212 g/mol. The maximum absolute atomic E-state index is 10.5. The van der Waals surface area contributed by atoms with Crippen molar-refractivity contribution in [1.29, 1.82) is 0 Å². The molecule has 0 N–H and O–H groups in total. The second-order valence-electron chi connectivity index (χ2n) is 2.11. The molecule has 0 radical (unpaired) electrons. The van der Waals surface area contributed by atoms with Gasteiger partial charge in [-0.2, -0.15) is 25.3 Å². The normalized spacial score (nSPS) is 9.38. The molecule has 0 aliphatic rings. The minimum atomic E-state index is -0.371. The van der Waals surface area contributed by atoms with E-state index in [2.05, 4.69) is 34.7 Å². The number of ether oxygens (including phenoxy) is 2. The van der Waals surface area contributed by atoms with Gasteiger partial charge in [-0.3, -0.25) is 9.59 Å². The van der Waals surface area contributed by atoms with E-state index in [1.165, 1.54) is 0 Å². The predicted molar refractivity (Wildman–Crippen MR) is 54.2 cm³/mol. The van der Waals surface area contributed by atoms with Crippen LogP contribution >= 0.6 is 25.3 Å². The van der Waals surface area contributed by atoms with Crippen LogP contribution in [0.1, 0.15) is 6.42 Å². The van der Waals surface area contributed by atoms with Crippen molar-refractivity contribution >= 4 is 37.2 Å². The molecule has 0 saturated heterocycles. The molecular formula is C7H12O4S2. The van der Waals surface area contributed by atoms with Crippen LogP contribution in [0.15, 0.2) is 0 Å². The standard InChI is InChI=1S/C7H12O4S2/c8-6(4-12)10-2-1-3-11-7(9)5-13/h12-13H,1-5H2. The van der Waals surface area contributed by atoms with Crippen LogP contribution in [0.4, 0.5) is 0 Å². The SMILES string of the molecule is O=C(CS)OCCCOC(=O)CS. The summed E-state index contributed by atoms with van der Waals surface area (Å²) in [6.07, 6.45) is 0.499. The summed E-state index contributed by atoms with van der Waals surface area (Å²) >= 11 is 7.44. The third-order valence-corrected chi connectivity index (χ3v) is 1.59. The van der Waals surface area contributed by atoms with Crippen molar-refractivity contribution in [2.75, 3.05) is 24.7 Å². The van der Waals surface area contributed by atoms with Crippen molar-refractivity contribution in [3.63, 3.8) is 0 Å². The zero-order valence-corrected chi connectivity index (χ0v) is 8.85. The molecule has 0 aliphatic heterocycles. The van der Waals surface area contributed by atoms with Gasteiger partial charge in [-0.15, -0.1) is 0 Å². The molecule has 0 heterocycles. The van der Waals surface area contributed by atoms with Gasteiger partial charge in [-0.1, -0.05) is 0 Å². The van der Waals surface area contributed by atoms with Crippen LogP contribution in [-0.4, -0.2) is 36.7 Å². The summed E-state index contributed by atoms with van der Waals surface area (Å²) < 4.78 is 9.36. The number of thiol groups is 2. The Hall–Kier alpha value is -0.360. The first-order valence-corrected chi connectivity index (χ1v) is 5.00. The van der Waals surface area contributed by atoms with Crippen molar-refractivity contribution in [1.82, 2.24) is 0 Å². The van der Waals surface area contributed by atoms with Gasteiger partial charge in [0.05, 0.1) is 24.7 Å². The lowest BCUT2D eigenvalue weighted by Crippen LogP contribution is -2.11. The molecule has 0 fully saturated rings. The molecule has 0 spiro atoms. The lowest BCUT2D eigenvalue weighted by Gasteiger charge is -2.03. The summed E-state index contributed by atoms with van der Waals surface area (Å²) in [6, 6.07) is 0. The molecule has 4 nitrogen and oxygen atoms in total. The first-order valence-electron chi connectivity index (χ1n) is 3.73. The zero-order chi connectivity index (χ0) is 10.1. The highest BCUT2D eigenvalue weighted by molar-refractivity contribution is 7.81. The maximum Gasteiger partial charge on any atom is 0.315 e. The van der Waals surface area contributed by atoms with E-state index in [9.17, 15) is 9.59 Å². The van der Waals surface area contributed by atoms with E-state index in [1.54, 1.807) is 0 Å². The second kappa shape index (κ2) is 8.25. The third-order valence-electron chi connectivity index (χ3n) is 1.07. The molecule has 0 bridgehead atoms. The summed E-state index contributed by atoms with van der Waals surface area (Å²) in [5, 5.41) is 0. The Labute approximate surface area is 87.8 Å². The van der Waals surface area contributed by atoms with Crippen molar-refractivity contribution < 1.29 is 19.1 Å². The van der Waals surface area contributed by atoms with Gasteiger partial charge in [-0.05, 0) is 0 Å². The summed E-state index contributed by atoms with van der Waals surface area (Å²) in [6.45, 7) is 0.499. The zero-order valence-electron chi connectivity index (χ0n) is 7.06. The number of carbonyl (C=O) groups excluding carboxylic acids is 2. The van der Waals surface area contributed by atoms with Crippen molar-refractivity contribution in [3.05, 3.63) is 0 Å². The fraction of sp³-hybridized carbons (Fsp3) is 0.714. The third kappa shape index (κ3) is 7.98. The van der Waals surface area contributed by atoms with Crippen LogP contribution in [0.5, 0.6) is 0 Å². The number of hydrogen-bond acceptors (Lipinski definition) is 6. The summed E-state index contributed by atoms with van der Waals surface area (Å²) in [7, 11) is 0. The van der Waals surface area contributed by atoms with E-state index in [0.29, 0.717) is 6.42 Å². The van der Waals surface area contributed by atoms with Gasteiger partial charge in [0.15, 0.2) is 0 Å². The van der Waals surface area contributed by atoms with Crippen molar-refractivity contribution in [2.24, 2.45) is 0 Å². The Kier molecular flexibility index (Phi) is 8.02. The molecule has 0 aromatic heterocycles. The van der Waals surface area contributed by atoms with Gasteiger partial charge >= 0.3 is 11.9 Å². The van der Waals surface area contributed by atoms with E-state index in [4.69, 9.17) is 0 Å². The summed E-state index contributed by atoms with van der Waals surface area (Å²) in [5.74, 6) is -0.611. The second-order valence-corrected chi connectivity index (χ2v) is 2.74. The number of rotatable bonds is 6. The molecule has 6 heteroatoms. The lowest BCUT2D eigenvalue weighted by atomic mass is 10.5.